The third-order valence-electron chi connectivity index (χ3n) is 4.27. The number of anilines is 1. The highest BCUT2D eigenvalue weighted by molar-refractivity contribution is 5.67. The van der Waals surface area contributed by atoms with Crippen LogP contribution in [0.2, 0.25) is 0 Å². The summed E-state index contributed by atoms with van der Waals surface area (Å²) in [6, 6.07) is 9.39. The predicted molar refractivity (Wildman–Crippen MR) is 77.2 cm³/mol. The van der Waals surface area contributed by atoms with Crippen molar-refractivity contribution in [1.82, 2.24) is 9.88 Å². The van der Waals surface area contributed by atoms with E-state index in [0.717, 1.165) is 24.2 Å². The average molecular weight is 269 g/mol. The Kier molecular flexibility index (Phi) is 2.70. The monoisotopic (exact) mass is 269 g/mol. The molecular weight excluding hydrogens is 253 g/mol. The van der Waals surface area contributed by atoms with Crippen molar-refractivity contribution in [3.05, 3.63) is 48.5 Å². The van der Waals surface area contributed by atoms with Gasteiger partial charge in [-0.25, -0.2) is 4.39 Å². The molecule has 0 N–H and O–H groups in total. The zero-order valence-corrected chi connectivity index (χ0v) is 11.2. The highest BCUT2D eigenvalue weighted by Crippen LogP contribution is 2.29. The van der Waals surface area contributed by atoms with Crippen LogP contribution in [0.15, 0.2) is 42.7 Å². The molecule has 4 heteroatoms. The second kappa shape index (κ2) is 4.56. The fraction of sp³-hybridized carbons (Fsp3) is 0.312. The molecule has 1 aromatic carbocycles. The van der Waals surface area contributed by atoms with Gasteiger partial charge in [0.15, 0.2) is 0 Å². The normalized spacial score (nSPS) is 24.4. The first kappa shape index (κ1) is 11.9. The fourth-order valence-electron chi connectivity index (χ4n) is 3.08. The van der Waals surface area contributed by atoms with E-state index in [1.165, 1.54) is 30.9 Å². The molecule has 3 aliphatic rings. The van der Waals surface area contributed by atoms with E-state index in [9.17, 15) is 4.39 Å². The molecule has 3 nitrogen and oxygen atoms in total. The maximum Gasteiger partial charge on any atom is 0.123 e. The van der Waals surface area contributed by atoms with Gasteiger partial charge in [0.2, 0.25) is 0 Å². The minimum atomic E-state index is -0.205. The fourth-order valence-corrected chi connectivity index (χ4v) is 3.08. The number of rotatable bonds is 2. The van der Waals surface area contributed by atoms with Gasteiger partial charge in [-0.3, -0.25) is 9.88 Å². The van der Waals surface area contributed by atoms with Gasteiger partial charge in [0.25, 0.3) is 0 Å². The lowest BCUT2D eigenvalue weighted by atomic mass is 10.0. The minimum Gasteiger partial charge on any atom is -0.363 e. The summed E-state index contributed by atoms with van der Waals surface area (Å²) in [6.45, 7) is 4.54. The summed E-state index contributed by atoms with van der Waals surface area (Å²) in [7, 11) is 0. The molecule has 0 atom stereocenters. The van der Waals surface area contributed by atoms with Crippen molar-refractivity contribution in [2.75, 3.05) is 31.1 Å². The lowest BCUT2D eigenvalue weighted by Gasteiger charge is -2.52. The Labute approximate surface area is 117 Å². The Hall–Kier alpha value is -1.94. The Balaban J connectivity index is 1.65. The van der Waals surface area contributed by atoms with E-state index < -0.39 is 0 Å². The highest BCUT2D eigenvalue weighted by Gasteiger charge is 2.36. The molecule has 0 radical (unpaired) electrons. The van der Waals surface area contributed by atoms with Crippen LogP contribution in [0.3, 0.4) is 0 Å². The maximum absolute atomic E-state index is 13.0. The lowest BCUT2D eigenvalue weighted by Crippen LogP contribution is -2.66. The van der Waals surface area contributed by atoms with Crippen LogP contribution in [0.4, 0.5) is 10.1 Å². The molecule has 3 aliphatic heterocycles. The summed E-state index contributed by atoms with van der Waals surface area (Å²) in [5.74, 6) is -0.205. The molecule has 0 saturated carbocycles. The molecule has 3 saturated heterocycles. The SMILES string of the molecule is Fc1ccc(-c2cncc(N3CCN4CC3C4)c2)cc1. The predicted octanol–water partition coefficient (Wildman–Crippen LogP) is 2.39. The topological polar surface area (TPSA) is 19.4 Å². The quantitative estimate of drug-likeness (QED) is 0.834. The number of hydrogen-bond acceptors (Lipinski definition) is 3. The summed E-state index contributed by atoms with van der Waals surface area (Å²) in [5.41, 5.74) is 3.23. The summed E-state index contributed by atoms with van der Waals surface area (Å²) >= 11 is 0. The van der Waals surface area contributed by atoms with Gasteiger partial charge in [0, 0.05) is 37.9 Å². The Morgan fingerprint density at radius 1 is 1.00 bits per heavy atom. The van der Waals surface area contributed by atoms with Crippen LogP contribution in [0.25, 0.3) is 11.1 Å². The van der Waals surface area contributed by atoms with Crippen molar-refractivity contribution in [3.63, 3.8) is 0 Å². The van der Waals surface area contributed by atoms with Crippen LogP contribution in [-0.4, -0.2) is 42.1 Å². The molecule has 5 rings (SSSR count). The zero-order chi connectivity index (χ0) is 13.5. The first-order valence-corrected chi connectivity index (χ1v) is 6.99. The van der Waals surface area contributed by atoms with E-state index in [1.54, 1.807) is 12.1 Å². The van der Waals surface area contributed by atoms with Crippen molar-refractivity contribution in [1.29, 1.82) is 0 Å². The second-order valence-electron chi connectivity index (χ2n) is 5.55. The Morgan fingerprint density at radius 3 is 2.50 bits per heavy atom. The van der Waals surface area contributed by atoms with Gasteiger partial charge < -0.3 is 4.90 Å². The van der Waals surface area contributed by atoms with Crippen molar-refractivity contribution >= 4 is 5.69 Å². The van der Waals surface area contributed by atoms with Crippen LogP contribution >= 0.6 is 0 Å². The molecule has 0 aliphatic carbocycles. The van der Waals surface area contributed by atoms with Crippen molar-refractivity contribution in [3.8, 4) is 11.1 Å². The molecule has 102 valence electrons. The molecule has 4 heterocycles. The van der Waals surface area contributed by atoms with Gasteiger partial charge in [0.05, 0.1) is 17.9 Å². The standard InChI is InChI=1S/C16H16FN3/c17-14-3-1-12(2-4-14)13-7-15(9-18-8-13)20-6-5-19-10-16(20)11-19/h1-4,7-9,16H,5-6,10-11H2. The first-order valence-electron chi connectivity index (χ1n) is 6.99. The van der Waals surface area contributed by atoms with Crippen LogP contribution in [0.1, 0.15) is 0 Å². The van der Waals surface area contributed by atoms with Gasteiger partial charge in [-0.2, -0.15) is 0 Å². The average Bonchev–Trinajstić information content (AvgIpc) is 2.47. The second-order valence-corrected chi connectivity index (χ2v) is 5.55. The molecule has 0 spiro atoms. The minimum absolute atomic E-state index is 0.205. The van der Waals surface area contributed by atoms with Gasteiger partial charge >= 0.3 is 0 Å². The zero-order valence-electron chi connectivity index (χ0n) is 11.2. The largest absolute Gasteiger partial charge is 0.363 e. The molecule has 2 bridgehead atoms. The van der Waals surface area contributed by atoms with Gasteiger partial charge in [-0.1, -0.05) is 12.1 Å². The smallest absolute Gasteiger partial charge is 0.123 e. The van der Waals surface area contributed by atoms with E-state index >= 15 is 0 Å². The molecular formula is C16H16FN3. The maximum atomic E-state index is 13.0. The highest BCUT2D eigenvalue weighted by atomic mass is 19.1. The number of benzene rings is 1. The van der Waals surface area contributed by atoms with E-state index in [1.807, 2.05) is 12.4 Å². The third-order valence-corrected chi connectivity index (χ3v) is 4.27. The van der Waals surface area contributed by atoms with Crippen molar-refractivity contribution < 1.29 is 4.39 Å². The molecule has 3 fully saturated rings. The van der Waals surface area contributed by atoms with Crippen LogP contribution in [0, 0.1) is 5.82 Å². The number of pyridine rings is 1. The lowest BCUT2D eigenvalue weighted by molar-refractivity contribution is 0.110. The Bertz CT molecular complexity index is 617. The number of fused-ring (bicyclic) bond motifs is 2. The number of aromatic nitrogens is 1. The van der Waals surface area contributed by atoms with Crippen molar-refractivity contribution in [2.45, 2.75) is 6.04 Å². The van der Waals surface area contributed by atoms with Crippen LogP contribution in [0.5, 0.6) is 0 Å². The van der Waals surface area contributed by atoms with Crippen LogP contribution < -0.4 is 4.90 Å². The van der Waals surface area contributed by atoms with Gasteiger partial charge in [0.1, 0.15) is 5.82 Å². The van der Waals surface area contributed by atoms with E-state index in [0.29, 0.717) is 6.04 Å². The molecule has 0 amide bonds. The van der Waals surface area contributed by atoms with E-state index in [2.05, 4.69) is 20.9 Å². The number of piperazine rings is 2. The molecule has 1 aromatic heterocycles. The summed E-state index contributed by atoms with van der Waals surface area (Å²) in [4.78, 5) is 9.28. The summed E-state index contributed by atoms with van der Waals surface area (Å²) in [6.07, 6.45) is 3.77. The Morgan fingerprint density at radius 2 is 1.80 bits per heavy atom. The van der Waals surface area contributed by atoms with Crippen molar-refractivity contribution in [2.24, 2.45) is 0 Å². The van der Waals surface area contributed by atoms with Gasteiger partial charge in [-0.15, -0.1) is 0 Å². The third kappa shape index (κ3) is 1.96. The molecule has 0 unspecified atom stereocenters. The van der Waals surface area contributed by atoms with Crippen LogP contribution in [-0.2, 0) is 0 Å². The first-order chi connectivity index (χ1) is 9.79. The van der Waals surface area contributed by atoms with E-state index in [-0.39, 0.29) is 5.82 Å². The van der Waals surface area contributed by atoms with Gasteiger partial charge in [-0.05, 0) is 23.8 Å². The summed E-state index contributed by atoms with van der Waals surface area (Å²) < 4.78 is 13.0. The number of hydrogen-bond donors (Lipinski definition) is 0. The molecule has 20 heavy (non-hydrogen) atoms. The number of nitrogens with zero attached hydrogens (tertiary/aromatic N) is 3. The number of halogens is 1. The van der Waals surface area contributed by atoms with E-state index in [4.69, 9.17) is 0 Å². The molecule has 2 aromatic rings. The summed E-state index contributed by atoms with van der Waals surface area (Å²) in [5, 5.41) is 0.